The maximum Gasteiger partial charge on any atom is 0.258 e. The van der Waals surface area contributed by atoms with Crippen LogP contribution in [0.15, 0.2) is 63.1 Å². The second-order valence-corrected chi connectivity index (χ2v) is 6.18. The summed E-state index contributed by atoms with van der Waals surface area (Å²) < 4.78 is 6.27. The van der Waals surface area contributed by atoms with Crippen molar-refractivity contribution in [3.8, 4) is 0 Å². The Morgan fingerprint density at radius 2 is 2.09 bits per heavy atom. The molecule has 0 saturated carbocycles. The molecule has 1 amide bonds. The van der Waals surface area contributed by atoms with Gasteiger partial charge in [0.15, 0.2) is 5.13 Å². The Balaban J connectivity index is 1.95. The largest absolute Gasteiger partial charge is 0.465 e. The van der Waals surface area contributed by atoms with Gasteiger partial charge in [-0.05, 0) is 35.9 Å². The van der Waals surface area contributed by atoms with Crippen molar-refractivity contribution >= 4 is 50.0 Å². The molecule has 0 aliphatic heterocycles. The molecule has 0 aliphatic rings. The molecule has 2 aromatic heterocycles. The van der Waals surface area contributed by atoms with Gasteiger partial charge in [-0.15, -0.1) is 11.3 Å². The predicted molar refractivity (Wildman–Crippen MR) is 91.5 cm³/mol. The normalized spacial score (nSPS) is 11.4. The van der Waals surface area contributed by atoms with Gasteiger partial charge in [-0.2, -0.15) is 0 Å². The molecule has 0 saturated heterocycles. The number of rotatable bonds is 4. The predicted octanol–water partition coefficient (Wildman–Crippen LogP) is 4.68. The van der Waals surface area contributed by atoms with E-state index in [0.717, 1.165) is 10.0 Å². The number of nitrogens with zero attached hydrogens (tertiary/aromatic N) is 1. The van der Waals surface area contributed by atoms with Gasteiger partial charge in [0.25, 0.3) is 5.91 Å². The number of anilines is 1. The quantitative estimate of drug-likeness (QED) is 0.674. The maximum absolute atomic E-state index is 12.6. The van der Waals surface area contributed by atoms with Gasteiger partial charge < -0.3 is 4.42 Å². The Labute approximate surface area is 139 Å². The van der Waals surface area contributed by atoms with E-state index < -0.39 is 0 Å². The minimum absolute atomic E-state index is 0.228. The molecule has 0 atom stereocenters. The number of furan rings is 1. The Hall–Kier alpha value is -2.18. The highest BCUT2D eigenvalue weighted by Crippen LogP contribution is 2.23. The van der Waals surface area contributed by atoms with Gasteiger partial charge in [0.05, 0.1) is 11.8 Å². The van der Waals surface area contributed by atoms with E-state index in [-0.39, 0.29) is 5.91 Å². The highest BCUT2D eigenvalue weighted by molar-refractivity contribution is 9.10. The van der Waals surface area contributed by atoms with Crippen molar-refractivity contribution < 1.29 is 9.21 Å². The van der Waals surface area contributed by atoms with Crippen LogP contribution in [0, 0.1) is 0 Å². The summed E-state index contributed by atoms with van der Waals surface area (Å²) in [5.74, 6) is 0.390. The van der Waals surface area contributed by atoms with E-state index >= 15 is 0 Å². The number of benzene rings is 1. The maximum atomic E-state index is 12.6. The topological polar surface area (TPSA) is 55.1 Å². The fourth-order valence-electron chi connectivity index (χ4n) is 1.87. The molecular weight excluding hydrogens is 364 g/mol. The van der Waals surface area contributed by atoms with Gasteiger partial charge in [0.1, 0.15) is 5.76 Å². The van der Waals surface area contributed by atoms with E-state index in [1.54, 1.807) is 30.7 Å². The molecule has 2 heterocycles. The number of hydrogen-bond acceptors (Lipinski definition) is 4. The van der Waals surface area contributed by atoms with Crippen molar-refractivity contribution in [2.24, 2.45) is 0 Å². The molecule has 3 aromatic rings. The van der Waals surface area contributed by atoms with E-state index in [1.807, 2.05) is 29.6 Å². The van der Waals surface area contributed by atoms with Crippen molar-refractivity contribution in [1.29, 1.82) is 0 Å². The van der Waals surface area contributed by atoms with Crippen LogP contribution in [0.3, 0.4) is 0 Å². The van der Waals surface area contributed by atoms with Crippen LogP contribution >= 0.6 is 27.3 Å². The third-order valence-electron chi connectivity index (χ3n) is 2.88. The van der Waals surface area contributed by atoms with Crippen molar-refractivity contribution in [2.75, 3.05) is 5.32 Å². The van der Waals surface area contributed by atoms with Gasteiger partial charge in [0, 0.05) is 16.0 Å². The van der Waals surface area contributed by atoms with E-state index in [0.29, 0.717) is 16.5 Å². The third kappa shape index (κ3) is 3.52. The summed E-state index contributed by atoms with van der Waals surface area (Å²) in [7, 11) is 0. The van der Waals surface area contributed by atoms with Crippen LogP contribution in [0.1, 0.15) is 11.3 Å². The van der Waals surface area contributed by atoms with Gasteiger partial charge in [0.2, 0.25) is 0 Å². The van der Waals surface area contributed by atoms with Crippen molar-refractivity contribution in [3.63, 3.8) is 0 Å². The highest BCUT2D eigenvalue weighted by Gasteiger charge is 2.14. The highest BCUT2D eigenvalue weighted by atomic mass is 79.9. The number of carbonyl (C=O) groups is 1. The van der Waals surface area contributed by atoms with Crippen LogP contribution in [0.4, 0.5) is 5.13 Å². The second-order valence-electron chi connectivity index (χ2n) is 4.37. The molecule has 110 valence electrons. The summed E-state index contributed by atoms with van der Waals surface area (Å²) in [6.07, 6.45) is 4.94. The Kier molecular flexibility index (Phi) is 4.50. The smallest absolute Gasteiger partial charge is 0.258 e. The van der Waals surface area contributed by atoms with E-state index in [4.69, 9.17) is 4.42 Å². The van der Waals surface area contributed by atoms with Crippen LogP contribution in [0.2, 0.25) is 0 Å². The number of hydrogen-bond donors (Lipinski definition) is 1. The first-order valence-electron chi connectivity index (χ1n) is 6.44. The summed E-state index contributed by atoms with van der Waals surface area (Å²) in [6, 6.07) is 11.1. The summed E-state index contributed by atoms with van der Waals surface area (Å²) in [5.41, 5.74) is 1.31. The molecule has 0 radical (unpaired) electrons. The Morgan fingerprint density at radius 1 is 1.27 bits per heavy atom. The van der Waals surface area contributed by atoms with Crippen molar-refractivity contribution in [2.45, 2.75) is 0 Å². The number of halogens is 1. The molecule has 0 bridgehead atoms. The van der Waals surface area contributed by atoms with Crippen LogP contribution in [-0.4, -0.2) is 10.9 Å². The summed E-state index contributed by atoms with van der Waals surface area (Å²) >= 11 is 4.77. The molecule has 0 aliphatic carbocycles. The van der Waals surface area contributed by atoms with Gasteiger partial charge in [-0.25, -0.2) is 4.98 Å². The minimum atomic E-state index is -0.228. The molecule has 3 rings (SSSR count). The summed E-state index contributed by atoms with van der Waals surface area (Å²) in [5, 5.41) is 5.17. The average molecular weight is 375 g/mol. The van der Waals surface area contributed by atoms with Crippen molar-refractivity contribution in [3.05, 3.63) is 70.0 Å². The fourth-order valence-corrected chi connectivity index (χ4v) is 2.66. The molecular formula is C16H11BrN2O2S. The zero-order valence-electron chi connectivity index (χ0n) is 11.3. The zero-order valence-corrected chi connectivity index (χ0v) is 13.7. The molecule has 0 spiro atoms. The van der Waals surface area contributed by atoms with Crippen molar-refractivity contribution in [1.82, 2.24) is 4.98 Å². The number of carbonyl (C=O) groups excluding carboxylic acids is 1. The van der Waals surface area contributed by atoms with Gasteiger partial charge in [-0.1, -0.05) is 28.1 Å². The SMILES string of the molecule is O=C(Nc1nccs1)/C(=C\c1ccco1)c1ccc(Br)cc1. The number of nitrogens with one attached hydrogen (secondary N) is 1. The van der Waals surface area contributed by atoms with Crippen LogP contribution < -0.4 is 5.32 Å². The number of aromatic nitrogens is 1. The standard InChI is InChI=1S/C16H11BrN2O2S/c17-12-5-3-11(4-6-12)14(10-13-2-1-8-21-13)15(20)19-16-18-7-9-22-16/h1-10H,(H,18,19,20)/b14-10-. The molecule has 22 heavy (non-hydrogen) atoms. The molecule has 4 nitrogen and oxygen atoms in total. The van der Waals surface area contributed by atoms with Crippen LogP contribution in [-0.2, 0) is 4.79 Å². The van der Waals surface area contributed by atoms with Crippen LogP contribution in [0.5, 0.6) is 0 Å². The molecule has 1 N–H and O–H groups in total. The van der Waals surface area contributed by atoms with Gasteiger partial charge in [-0.3, -0.25) is 10.1 Å². The molecule has 0 unspecified atom stereocenters. The van der Waals surface area contributed by atoms with Gasteiger partial charge >= 0.3 is 0 Å². The first-order chi connectivity index (χ1) is 10.7. The van der Waals surface area contributed by atoms with Crippen LogP contribution in [0.25, 0.3) is 11.6 Å². The lowest BCUT2D eigenvalue weighted by Crippen LogP contribution is -2.13. The first-order valence-corrected chi connectivity index (χ1v) is 8.11. The van der Waals surface area contributed by atoms with E-state index in [9.17, 15) is 4.79 Å². The average Bonchev–Trinajstić information content (AvgIpc) is 3.19. The fraction of sp³-hybridized carbons (Fsp3) is 0. The first kappa shape index (κ1) is 14.7. The lowest BCUT2D eigenvalue weighted by Gasteiger charge is -2.07. The number of thiazole rings is 1. The summed E-state index contributed by atoms with van der Waals surface area (Å²) in [6.45, 7) is 0. The van der Waals surface area contributed by atoms with E-state index in [1.165, 1.54) is 11.3 Å². The molecule has 1 aromatic carbocycles. The molecule has 6 heteroatoms. The number of amides is 1. The lowest BCUT2D eigenvalue weighted by molar-refractivity contribution is -0.111. The lowest BCUT2D eigenvalue weighted by atomic mass is 10.0. The monoisotopic (exact) mass is 374 g/mol. The zero-order chi connectivity index (χ0) is 15.4. The Morgan fingerprint density at radius 3 is 2.73 bits per heavy atom. The van der Waals surface area contributed by atoms with E-state index in [2.05, 4.69) is 26.2 Å². The minimum Gasteiger partial charge on any atom is -0.465 e. The second kappa shape index (κ2) is 6.72. The summed E-state index contributed by atoms with van der Waals surface area (Å²) in [4.78, 5) is 16.6. The Bertz CT molecular complexity index is 778. The third-order valence-corrected chi connectivity index (χ3v) is 4.10. The molecule has 0 fully saturated rings.